The van der Waals surface area contributed by atoms with Crippen LogP contribution in [-0.4, -0.2) is 39.5 Å². The Labute approximate surface area is 175 Å². The maximum Gasteiger partial charge on any atom is 0.321 e. The summed E-state index contributed by atoms with van der Waals surface area (Å²) in [5.74, 6) is -1.72. The summed E-state index contributed by atoms with van der Waals surface area (Å²) < 4.78 is 44.6. The Morgan fingerprint density at radius 2 is 1.73 bits per heavy atom. The van der Waals surface area contributed by atoms with Gasteiger partial charge in [0, 0.05) is 6.54 Å². The Kier molecular flexibility index (Phi) is 8.08. The summed E-state index contributed by atoms with van der Waals surface area (Å²) >= 11 is 0. The molecule has 0 aliphatic carbocycles. The molecule has 2 aromatic carbocycles. The van der Waals surface area contributed by atoms with Crippen molar-refractivity contribution in [2.24, 2.45) is 0 Å². The van der Waals surface area contributed by atoms with Crippen LogP contribution < -0.4 is 10.0 Å². The number of benzene rings is 2. The van der Waals surface area contributed by atoms with Gasteiger partial charge in [-0.25, -0.2) is 12.8 Å². The summed E-state index contributed by atoms with van der Waals surface area (Å²) in [4.78, 5) is 24.0. The summed E-state index contributed by atoms with van der Waals surface area (Å²) in [6.45, 7) is 4.73. The molecule has 7 nitrogen and oxygen atoms in total. The maximum atomic E-state index is 12.9. The number of carbonyl (C=O) groups excluding carboxylic acids is 2. The first kappa shape index (κ1) is 23.5. The molecule has 9 heteroatoms. The zero-order valence-electron chi connectivity index (χ0n) is 17.1. The summed E-state index contributed by atoms with van der Waals surface area (Å²) in [6.07, 6.45) is -0.598. The Bertz CT molecular complexity index is 1010. The van der Waals surface area contributed by atoms with Crippen molar-refractivity contribution in [3.8, 4) is 0 Å². The molecule has 162 valence electrons. The first-order chi connectivity index (χ1) is 14.1. The van der Waals surface area contributed by atoms with Crippen molar-refractivity contribution in [1.29, 1.82) is 0 Å². The fourth-order valence-corrected chi connectivity index (χ4v) is 3.59. The van der Waals surface area contributed by atoms with E-state index in [4.69, 9.17) is 4.74 Å². The van der Waals surface area contributed by atoms with Crippen LogP contribution in [0.25, 0.3) is 0 Å². The molecule has 0 bridgehead atoms. The molecule has 2 aromatic rings. The Morgan fingerprint density at radius 3 is 2.37 bits per heavy atom. The van der Waals surface area contributed by atoms with E-state index in [1.54, 1.807) is 25.1 Å². The molecule has 0 spiro atoms. The average Bonchev–Trinajstić information content (AvgIpc) is 2.70. The van der Waals surface area contributed by atoms with E-state index in [1.165, 1.54) is 31.2 Å². The number of halogens is 1. The quantitative estimate of drug-likeness (QED) is 0.586. The average molecular weight is 437 g/mol. The lowest BCUT2D eigenvalue weighted by Gasteiger charge is -2.14. The van der Waals surface area contributed by atoms with E-state index in [1.807, 2.05) is 6.92 Å². The van der Waals surface area contributed by atoms with Crippen molar-refractivity contribution >= 4 is 21.9 Å². The van der Waals surface area contributed by atoms with Gasteiger partial charge in [0.15, 0.2) is 6.10 Å². The van der Waals surface area contributed by atoms with Gasteiger partial charge in [0.1, 0.15) is 12.4 Å². The summed E-state index contributed by atoms with van der Waals surface area (Å²) in [6, 6.07) is 10.5. The van der Waals surface area contributed by atoms with Gasteiger partial charge in [0.2, 0.25) is 10.0 Å². The van der Waals surface area contributed by atoms with Gasteiger partial charge in [-0.2, -0.15) is 4.72 Å². The fraction of sp³-hybridized carbons (Fsp3) is 0.333. The highest BCUT2D eigenvalue weighted by molar-refractivity contribution is 7.89. The topological polar surface area (TPSA) is 102 Å². The normalized spacial score (nSPS) is 12.3. The predicted octanol–water partition coefficient (Wildman–Crippen LogP) is 2.01. The number of hydrogen-bond donors (Lipinski definition) is 2. The van der Waals surface area contributed by atoms with Crippen molar-refractivity contribution in [3.63, 3.8) is 0 Å². The minimum Gasteiger partial charge on any atom is -0.452 e. The van der Waals surface area contributed by atoms with E-state index in [2.05, 4.69) is 10.0 Å². The van der Waals surface area contributed by atoms with Gasteiger partial charge in [-0.05, 0) is 68.1 Å². The van der Waals surface area contributed by atoms with Crippen LogP contribution in [0.3, 0.4) is 0 Å². The predicted molar refractivity (Wildman–Crippen MR) is 110 cm³/mol. The molecule has 2 N–H and O–H groups in total. The molecule has 1 amide bonds. The molecule has 0 heterocycles. The van der Waals surface area contributed by atoms with Gasteiger partial charge in [0.05, 0.1) is 4.90 Å². The van der Waals surface area contributed by atoms with Gasteiger partial charge in [0.25, 0.3) is 5.91 Å². The van der Waals surface area contributed by atoms with Gasteiger partial charge in [-0.1, -0.05) is 18.2 Å². The van der Waals surface area contributed by atoms with E-state index in [9.17, 15) is 22.4 Å². The number of nitrogens with one attached hydrogen (secondary N) is 2. The molecule has 0 saturated heterocycles. The highest BCUT2D eigenvalue weighted by Gasteiger charge is 2.20. The zero-order valence-corrected chi connectivity index (χ0v) is 17.9. The van der Waals surface area contributed by atoms with Crippen LogP contribution in [0, 0.1) is 19.7 Å². The van der Waals surface area contributed by atoms with Gasteiger partial charge in [-0.3, -0.25) is 9.59 Å². The number of aryl methyl sites for hydroxylation is 2. The molecule has 0 fully saturated rings. The van der Waals surface area contributed by atoms with Crippen LogP contribution in [0.15, 0.2) is 47.4 Å². The van der Waals surface area contributed by atoms with E-state index in [0.29, 0.717) is 6.42 Å². The van der Waals surface area contributed by atoms with Crippen molar-refractivity contribution in [1.82, 2.24) is 10.0 Å². The number of amides is 1. The molecule has 1 unspecified atom stereocenters. The van der Waals surface area contributed by atoms with E-state index in [0.717, 1.165) is 16.7 Å². The summed E-state index contributed by atoms with van der Waals surface area (Å²) in [5, 5.41) is 2.61. The van der Waals surface area contributed by atoms with Crippen molar-refractivity contribution in [3.05, 3.63) is 65.0 Å². The number of hydrogen-bond acceptors (Lipinski definition) is 5. The second-order valence-corrected chi connectivity index (χ2v) is 8.64. The zero-order chi connectivity index (χ0) is 22.3. The summed E-state index contributed by atoms with van der Waals surface area (Å²) in [7, 11) is -3.88. The molecule has 1 atom stereocenters. The van der Waals surface area contributed by atoms with Crippen LogP contribution in [-0.2, 0) is 30.8 Å². The largest absolute Gasteiger partial charge is 0.452 e. The molecule has 0 aliphatic heterocycles. The van der Waals surface area contributed by atoms with Gasteiger partial charge in [-0.15, -0.1) is 0 Å². The minimum atomic E-state index is -3.88. The number of esters is 1. The number of ether oxygens (including phenoxy) is 1. The van der Waals surface area contributed by atoms with Crippen molar-refractivity contribution in [2.45, 2.75) is 38.2 Å². The minimum absolute atomic E-state index is 0.0463. The molecular weight excluding hydrogens is 411 g/mol. The summed E-state index contributed by atoms with van der Waals surface area (Å²) in [5.41, 5.74) is 2.61. The van der Waals surface area contributed by atoms with Gasteiger partial charge < -0.3 is 10.1 Å². The van der Waals surface area contributed by atoms with Gasteiger partial charge >= 0.3 is 5.97 Å². The lowest BCUT2D eigenvalue weighted by molar-refractivity contribution is -0.153. The van der Waals surface area contributed by atoms with E-state index < -0.39 is 34.5 Å². The van der Waals surface area contributed by atoms with Crippen LogP contribution in [0.5, 0.6) is 0 Å². The SMILES string of the molecule is Cc1ccc(S(=O)(=O)NCC(=O)OC(C)C(=O)NCCc2ccc(F)cc2)cc1C. The van der Waals surface area contributed by atoms with Crippen LogP contribution in [0.2, 0.25) is 0 Å². The molecule has 0 radical (unpaired) electrons. The first-order valence-corrected chi connectivity index (χ1v) is 10.9. The third kappa shape index (κ3) is 6.93. The van der Waals surface area contributed by atoms with E-state index >= 15 is 0 Å². The van der Waals surface area contributed by atoms with E-state index in [-0.39, 0.29) is 17.3 Å². The standard InChI is InChI=1S/C21H25FN2O5S/c1-14-4-9-19(12-15(14)2)30(27,28)24-13-20(25)29-16(3)21(26)23-11-10-17-5-7-18(22)8-6-17/h4-9,12,16,24H,10-11,13H2,1-3H3,(H,23,26). The smallest absolute Gasteiger partial charge is 0.321 e. The highest BCUT2D eigenvalue weighted by atomic mass is 32.2. The Balaban J connectivity index is 1.78. The maximum absolute atomic E-state index is 12.9. The second kappa shape index (κ2) is 10.3. The Morgan fingerprint density at radius 1 is 1.07 bits per heavy atom. The third-order valence-corrected chi connectivity index (χ3v) is 5.90. The molecule has 0 saturated carbocycles. The highest BCUT2D eigenvalue weighted by Crippen LogP contribution is 2.14. The Hall–Kier alpha value is -2.78. The third-order valence-electron chi connectivity index (χ3n) is 4.50. The molecule has 2 rings (SSSR count). The number of rotatable bonds is 9. The number of carbonyl (C=O) groups is 2. The fourth-order valence-electron chi connectivity index (χ4n) is 2.54. The molecule has 30 heavy (non-hydrogen) atoms. The second-order valence-electron chi connectivity index (χ2n) is 6.87. The van der Waals surface area contributed by atoms with Crippen molar-refractivity contribution in [2.75, 3.05) is 13.1 Å². The lowest BCUT2D eigenvalue weighted by Crippen LogP contribution is -2.39. The van der Waals surface area contributed by atoms with Crippen LogP contribution in [0.4, 0.5) is 4.39 Å². The molecule has 0 aliphatic rings. The lowest BCUT2D eigenvalue weighted by atomic mass is 10.1. The number of sulfonamides is 1. The van der Waals surface area contributed by atoms with Crippen molar-refractivity contribution < 1.29 is 27.1 Å². The first-order valence-electron chi connectivity index (χ1n) is 9.37. The molecular formula is C21H25FN2O5S. The van der Waals surface area contributed by atoms with Crippen LogP contribution >= 0.6 is 0 Å². The van der Waals surface area contributed by atoms with Crippen LogP contribution in [0.1, 0.15) is 23.6 Å². The monoisotopic (exact) mass is 436 g/mol. The molecule has 0 aromatic heterocycles.